The molecule has 2 N–H and O–H groups in total. The standard InChI is InChI=1S/C16H18ClNO3/c17-12-5-1-4-11(10-12)15(6-2-7-15)13(19)18-16(14(20)21)8-3-9-16/h1,4-5,10H,2-3,6-9H2,(H,18,19)(H,20,21). The molecular formula is C16H18ClNO3. The summed E-state index contributed by atoms with van der Waals surface area (Å²) in [5.41, 5.74) is -0.778. The van der Waals surface area contributed by atoms with E-state index in [1.54, 1.807) is 6.07 Å². The van der Waals surface area contributed by atoms with E-state index in [4.69, 9.17) is 11.6 Å². The summed E-state index contributed by atoms with van der Waals surface area (Å²) in [7, 11) is 0. The van der Waals surface area contributed by atoms with Gasteiger partial charge in [-0.1, -0.05) is 30.2 Å². The highest BCUT2D eigenvalue weighted by Crippen LogP contribution is 2.45. The summed E-state index contributed by atoms with van der Waals surface area (Å²) in [5.74, 6) is -1.10. The highest BCUT2D eigenvalue weighted by molar-refractivity contribution is 6.30. The Morgan fingerprint density at radius 2 is 1.81 bits per heavy atom. The monoisotopic (exact) mass is 307 g/mol. The molecule has 0 heterocycles. The van der Waals surface area contributed by atoms with Gasteiger partial charge in [0, 0.05) is 5.02 Å². The number of carboxylic acid groups (broad SMARTS) is 1. The minimum Gasteiger partial charge on any atom is -0.480 e. The summed E-state index contributed by atoms with van der Waals surface area (Å²) in [4.78, 5) is 24.2. The zero-order valence-corrected chi connectivity index (χ0v) is 12.4. The largest absolute Gasteiger partial charge is 0.480 e. The number of hydrogen-bond acceptors (Lipinski definition) is 2. The van der Waals surface area contributed by atoms with Crippen LogP contribution in [0.2, 0.25) is 5.02 Å². The molecule has 5 heteroatoms. The second kappa shape index (κ2) is 5.02. The van der Waals surface area contributed by atoms with Gasteiger partial charge in [0.15, 0.2) is 0 Å². The number of aliphatic carboxylic acids is 1. The number of carbonyl (C=O) groups is 2. The first-order valence-corrected chi connectivity index (χ1v) is 7.68. The van der Waals surface area contributed by atoms with E-state index in [1.807, 2.05) is 18.2 Å². The minimum absolute atomic E-state index is 0.168. The third-order valence-corrected chi connectivity index (χ3v) is 5.22. The van der Waals surface area contributed by atoms with Crippen molar-refractivity contribution in [2.24, 2.45) is 0 Å². The predicted molar refractivity (Wildman–Crippen MR) is 79.3 cm³/mol. The molecule has 0 atom stereocenters. The van der Waals surface area contributed by atoms with Crippen LogP contribution in [0.4, 0.5) is 0 Å². The summed E-state index contributed by atoms with van der Waals surface area (Å²) in [6.45, 7) is 0. The number of rotatable bonds is 4. The molecule has 1 aromatic rings. The van der Waals surface area contributed by atoms with Crippen LogP contribution in [0.15, 0.2) is 24.3 Å². The topological polar surface area (TPSA) is 66.4 Å². The Morgan fingerprint density at radius 3 is 2.24 bits per heavy atom. The molecule has 0 radical (unpaired) electrons. The fraction of sp³-hybridized carbons (Fsp3) is 0.500. The van der Waals surface area contributed by atoms with Gasteiger partial charge in [-0.15, -0.1) is 0 Å². The van der Waals surface area contributed by atoms with Crippen molar-refractivity contribution in [2.75, 3.05) is 0 Å². The Hall–Kier alpha value is -1.55. The van der Waals surface area contributed by atoms with Gasteiger partial charge in [-0.05, 0) is 49.8 Å². The maximum Gasteiger partial charge on any atom is 0.329 e. The van der Waals surface area contributed by atoms with Crippen molar-refractivity contribution in [2.45, 2.75) is 49.5 Å². The number of carboxylic acids is 1. The van der Waals surface area contributed by atoms with Crippen LogP contribution in [0.1, 0.15) is 44.1 Å². The fourth-order valence-electron chi connectivity index (χ4n) is 3.22. The Morgan fingerprint density at radius 1 is 1.14 bits per heavy atom. The van der Waals surface area contributed by atoms with E-state index in [1.165, 1.54) is 0 Å². The van der Waals surface area contributed by atoms with Crippen molar-refractivity contribution in [3.8, 4) is 0 Å². The highest BCUT2D eigenvalue weighted by Gasteiger charge is 2.52. The first kappa shape index (κ1) is 14.4. The second-order valence-electron chi connectivity index (χ2n) is 6.14. The highest BCUT2D eigenvalue weighted by atomic mass is 35.5. The van der Waals surface area contributed by atoms with Crippen molar-refractivity contribution in [1.29, 1.82) is 0 Å². The SMILES string of the molecule is O=C(O)C1(NC(=O)C2(c3cccc(Cl)c3)CCC2)CCC1. The summed E-state index contributed by atoms with van der Waals surface area (Å²) in [5, 5.41) is 12.8. The third-order valence-electron chi connectivity index (χ3n) is 4.99. The van der Waals surface area contributed by atoms with Gasteiger partial charge in [-0.2, -0.15) is 0 Å². The molecule has 2 saturated carbocycles. The van der Waals surface area contributed by atoms with Gasteiger partial charge >= 0.3 is 5.97 Å². The van der Waals surface area contributed by atoms with Crippen LogP contribution in [-0.4, -0.2) is 22.5 Å². The zero-order chi connectivity index (χ0) is 15.1. The van der Waals surface area contributed by atoms with Crippen molar-refractivity contribution in [3.63, 3.8) is 0 Å². The Kier molecular flexibility index (Phi) is 3.44. The molecule has 0 saturated heterocycles. The molecule has 2 fully saturated rings. The van der Waals surface area contributed by atoms with Gasteiger partial charge < -0.3 is 10.4 Å². The third kappa shape index (κ3) is 2.22. The Bertz CT molecular complexity index is 591. The number of hydrogen-bond donors (Lipinski definition) is 2. The van der Waals surface area contributed by atoms with Crippen molar-refractivity contribution < 1.29 is 14.7 Å². The molecule has 2 aliphatic carbocycles. The summed E-state index contributed by atoms with van der Waals surface area (Å²) >= 11 is 6.03. The lowest BCUT2D eigenvalue weighted by molar-refractivity contribution is -0.153. The fourth-order valence-corrected chi connectivity index (χ4v) is 3.41. The summed E-state index contributed by atoms with van der Waals surface area (Å²) < 4.78 is 0. The first-order valence-electron chi connectivity index (χ1n) is 7.31. The number of carbonyl (C=O) groups excluding carboxylic acids is 1. The van der Waals surface area contributed by atoms with Gasteiger partial charge in [0.05, 0.1) is 5.41 Å². The molecule has 3 rings (SSSR count). The molecule has 1 amide bonds. The second-order valence-corrected chi connectivity index (χ2v) is 6.58. The molecule has 0 aromatic heterocycles. The average Bonchev–Trinajstić information content (AvgIpc) is 2.32. The lowest BCUT2D eigenvalue weighted by Crippen LogP contribution is -2.63. The van der Waals surface area contributed by atoms with Gasteiger partial charge in [0.2, 0.25) is 5.91 Å². The first-order chi connectivity index (χ1) is 9.98. The molecule has 0 bridgehead atoms. The van der Waals surface area contributed by atoms with Crippen LogP contribution in [0.25, 0.3) is 0 Å². The molecule has 4 nitrogen and oxygen atoms in total. The van der Waals surface area contributed by atoms with Crippen molar-refractivity contribution >= 4 is 23.5 Å². The van der Waals surface area contributed by atoms with Crippen molar-refractivity contribution in [3.05, 3.63) is 34.9 Å². The molecule has 0 spiro atoms. The average molecular weight is 308 g/mol. The number of amides is 1. The Balaban J connectivity index is 1.86. The maximum absolute atomic E-state index is 12.8. The van der Waals surface area contributed by atoms with E-state index >= 15 is 0 Å². The number of halogens is 1. The van der Waals surface area contributed by atoms with Crippen LogP contribution < -0.4 is 5.32 Å². The maximum atomic E-state index is 12.8. The molecule has 2 aliphatic rings. The lowest BCUT2D eigenvalue weighted by Gasteiger charge is -2.46. The number of nitrogens with one attached hydrogen (secondary N) is 1. The van der Waals surface area contributed by atoms with Gasteiger partial charge in [0.25, 0.3) is 0 Å². The van der Waals surface area contributed by atoms with E-state index in [9.17, 15) is 14.7 Å². The molecule has 1 aromatic carbocycles. The molecule has 21 heavy (non-hydrogen) atoms. The zero-order valence-electron chi connectivity index (χ0n) is 11.7. The van der Waals surface area contributed by atoms with Crippen LogP contribution in [0, 0.1) is 0 Å². The van der Waals surface area contributed by atoms with Gasteiger partial charge in [0.1, 0.15) is 5.54 Å². The van der Waals surface area contributed by atoms with E-state index in [0.29, 0.717) is 17.9 Å². The number of benzene rings is 1. The molecule has 0 aliphatic heterocycles. The van der Waals surface area contributed by atoms with E-state index in [-0.39, 0.29) is 5.91 Å². The van der Waals surface area contributed by atoms with Crippen LogP contribution in [0.5, 0.6) is 0 Å². The van der Waals surface area contributed by atoms with Crippen molar-refractivity contribution in [1.82, 2.24) is 5.32 Å². The van der Waals surface area contributed by atoms with Gasteiger partial charge in [-0.25, -0.2) is 4.79 Å². The predicted octanol–water partition coefficient (Wildman–Crippen LogP) is 2.89. The molecular weight excluding hydrogens is 290 g/mol. The van der Waals surface area contributed by atoms with Crippen LogP contribution in [0.3, 0.4) is 0 Å². The van der Waals surface area contributed by atoms with Crippen LogP contribution >= 0.6 is 11.6 Å². The molecule has 112 valence electrons. The van der Waals surface area contributed by atoms with Crippen LogP contribution in [-0.2, 0) is 15.0 Å². The normalized spacial score (nSPS) is 21.8. The summed E-state index contributed by atoms with van der Waals surface area (Å²) in [6.07, 6.45) is 4.33. The minimum atomic E-state index is -1.06. The van der Waals surface area contributed by atoms with E-state index in [2.05, 4.69) is 5.32 Å². The van der Waals surface area contributed by atoms with E-state index < -0.39 is 16.9 Å². The van der Waals surface area contributed by atoms with Gasteiger partial charge in [-0.3, -0.25) is 4.79 Å². The smallest absolute Gasteiger partial charge is 0.329 e. The Labute approximate surface area is 128 Å². The molecule has 0 unspecified atom stereocenters. The van der Waals surface area contributed by atoms with E-state index in [0.717, 1.165) is 31.2 Å². The summed E-state index contributed by atoms with van der Waals surface area (Å²) in [6, 6.07) is 7.33. The quantitative estimate of drug-likeness (QED) is 0.899. The lowest BCUT2D eigenvalue weighted by atomic mass is 9.63.